The first-order valence-corrected chi connectivity index (χ1v) is 10.4. The molecule has 2 fully saturated rings. The van der Waals surface area contributed by atoms with Crippen molar-refractivity contribution in [2.24, 2.45) is 0 Å². The Kier molecular flexibility index (Phi) is 9.55. The summed E-state index contributed by atoms with van der Waals surface area (Å²) in [6, 6.07) is 8.70. The second-order valence-corrected chi connectivity index (χ2v) is 7.94. The van der Waals surface area contributed by atoms with Crippen LogP contribution in [-0.2, 0) is 11.3 Å². The number of hydrogen-bond acceptors (Lipinski definition) is 5. The second-order valence-electron chi connectivity index (χ2n) is 7.94. The lowest BCUT2D eigenvalue weighted by molar-refractivity contribution is -0.122. The van der Waals surface area contributed by atoms with E-state index in [-0.39, 0.29) is 42.8 Å². The Morgan fingerprint density at radius 1 is 1.13 bits per heavy atom. The third kappa shape index (κ3) is 5.94. The van der Waals surface area contributed by atoms with Gasteiger partial charge in [-0.2, -0.15) is 0 Å². The molecule has 0 unspecified atom stereocenters. The Morgan fingerprint density at radius 2 is 1.83 bits per heavy atom. The number of halogens is 2. The molecule has 9 heteroatoms. The summed E-state index contributed by atoms with van der Waals surface area (Å²) in [6.45, 7) is 4.18. The molecule has 2 saturated heterocycles. The lowest BCUT2D eigenvalue weighted by Crippen LogP contribution is -2.38. The minimum atomic E-state index is -0.152. The van der Waals surface area contributed by atoms with E-state index >= 15 is 0 Å². The van der Waals surface area contributed by atoms with Gasteiger partial charge in [-0.25, -0.2) is 4.68 Å². The average molecular weight is 455 g/mol. The summed E-state index contributed by atoms with van der Waals surface area (Å²) in [6.07, 6.45) is 8.09. The summed E-state index contributed by atoms with van der Waals surface area (Å²) in [4.78, 5) is 14.4. The van der Waals surface area contributed by atoms with Gasteiger partial charge in [-0.15, -0.1) is 29.9 Å². The van der Waals surface area contributed by atoms with Gasteiger partial charge in [-0.1, -0.05) is 42.3 Å². The average Bonchev–Trinajstić information content (AvgIpc) is 3.34. The third-order valence-electron chi connectivity index (χ3n) is 5.91. The molecule has 1 aromatic carbocycles. The minimum Gasteiger partial charge on any atom is -0.358 e. The molecule has 2 atom stereocenters. The van der Waals surface area contributed by atoms with E-state index in [0.717, 1.165) is 30.8 Å². The zero-order valence-electron chi connectivity index (χ0n) is 17.4. The van der Waals surface area contributed by atoms with Crippen LogP contribution in [0.2, 0.25) is 0 Å². The number of rotatable bonds is 5. The van der Waals surface area contributed by atoms with E-state index in [2.05, 4.69) is 50.1 Å². The van der Waals surface area contributed by atoms with Crippen LogP contribution in [0.15, 0.2) is 30.5 Å². The molecule has 2 N–H and O–H groups in total. The van der Waals surface area contributed by atoms with Crippen molar-refractivity contribution in [3.05, 3.63) is 36.0 Å². The summed E-state index contributed by atoms with van der Waals surface area (Å²) in [5.41, 5.74) is 3.32. The summed E-state index contributed by atoms with van der Waals surface area (Å²) in [7, 11) is 1.67. The zero-order valence-corrected chi connectivity index (χ0v) is 19.1. The highest BCUT2D eigenvalue weighted by Gasteiger charge is 2.30. The van der Waals surface area contributed by atoms with Crippen LogP contribution in [0.5, 0.6) is 0 Å². The topological polar surface area (TPSA) is 75.1 Å². The molecular formula is C21H32Cl2N6O. The van der Waals surface area contributed by atoms with Crippen molar-refractivity contribution >= 4 is 30.7 Å². The Hall–Kier alpha value is -1.67. The highest BCUT2D eigenvalue weighted by molar-refractivity contribution is 5.85. The van der Waals surface area contributed by atoms with Crippen LogP contribution in [0.1, 0.15) is 43.7 Å². The molecule has 1 aromatic heterocycles. The number of likely N-dealkylation sites (N-methyl/N-ethyl adjacent to an activating group) is 1. The number of hydrogen-bond donors (Lipinski definition) is 2. The largest absolute Gasteiger partial charge is 0.358 e. The van der Waals surface area contributed by atoms with E-state index in [1.807, 2.05) is 10.9 Å². The monoisotopic (exact) mass is 454 g/mol. The first-order valence-electron chi connectivity index (χ1n) is 10.4. The van der Waals surface area contributed by atoms with Gasteiger partial charge in [-0.05, 0) is 37.9 Å². The van der Waals surface area contributed by atoms with Crippen molar-refractivity contribution in [2.45, 2.75) is 50.7 Å². The predicted octanol–water partition coefficient (Wildman–Crippen LogP) is 2.81. The standard InChI is InChI=1S/C21H30N6O.2ClH/c1-22-21(28)19-12-18(13-23-19)27-15-20(24-25-27)17-8-6-16(7-9-17)14-26-10-4-2-3-5-11-26;;/h6-9,15,18-19,23H,2-5,10-14H2,1H3,(H,22,28);2*1H/t18-,19+;;/m1../s1. The highest BCUT2D eigenvalue weighted by atomic mass is 35.5. The fourth-order valence-corrected chi connectivity index (χ4v) is 4.21. The van der Waals surface area contributed by atoms with Crippen LogP contribution in [-0.4, -0.2) is 58.5 Å². The predicted molar refractivity (Wildman–Crippen MR) is 123 cm³/mol. The zero-order chi connectivity index (χ0) is 19.3. The summed E-state index contributed by atoms with van der Waals surface area (Å²) >= 11 is 0. The number of amides is 1. The molecule has 4 rings (SSSR count). The summed E-state index contributed by atoms with van der Waals surface area (Å²) in [5, 5.41) is 14.6. The van der Waals surface area contributed by atoms with E-state index in [0.29, 0.717) is 0 Å². The molecule has 2 aliphatic heterocycles. The van der Waals surface area contributed by atoms with Crippen molar-refractivity contribution in [1.29, 1.82) is 0 Å². The fraction of sp³-hybridized carbons (Fsp3) is 0.571. The van der Waals surface area contributed by atoms with Gasteiger partial charge >= 0.3 is 0 Å². The van der Waals surface area contributed by atoms with Crippen LogP contribution in [0.3, 0.4) is 0 Å². The smallest absolute Gasteiger partial charge is 0.236 e. The molecule has 0 radical (unpaired) electrons. The maximum atomic E-state index is 11.8. The number of carbonyl (C=O) groups excluding carboxylic acids is 1. The molecule has 0 aliphatic carbocycles. The molecule has 30 heavy (non-hydrogen) atoms. The van der Waals surface area contributed by atoms with E-state index in [1.165, 1.54) is 44.3 Å². The molecule has 7 nitrogen and oxygen atoms in total. The lowest BCUT2D eigenvalue weighted by Gasteiger charge is -2.19. The number of nitrogens with one attached hydrogen (secondary N) is 2. The van der Waals surface area contributed by atoms with Crippen LogP contribution < -0.4 is 10.6 Å². The van der Waals surface area contributed by atoms with Gasteiger partial charge in [0.1, 0.15) is 5.69 Å². The number of nitrogens with zero attached hydrogens (tertiary/aromatic N) is 4. The third-order valence-corrected chi connectivity index (χ3v) is 5.91. The first kappa shape index (κ1) is 24.6. The molecule has 2 aromatic rings. The fourth-order valence-electron chi connectivity index (χ4n) is 4.21. The van der Waals surface area contributed by atoms with Gasteiger partial charge in [-0.3, -0.25) is 9.69 Å². The Labute approximate surface area is 190 Å². The normalized spacial score (nSPS) is 21.9. The SMILES string of the molecule is CNC(=O)[C@@H]1C[C@@H](n2cc(-c3ccc(CN4CCCCCC4)cc3)nn2)CN1.Cl.Cl. The van der Waals surface area contributed by atoms with Gasteiger partial charge in [0.05, 0.1) is 18.3 Å². The molecule has 0 bridgehead atoms. The number of benzene rings is 1. The van der Waals surface area contributed by atoms with Crippen molar-refractivity contribution < 1.29 is 4.79 Å². The molecule has 2 aliphatic rings. The quantitative estimate of drug-likeness (QED) is 0.726. The maximum absolute atomic E-state index is 11.8. The number of aromatic nitrogens is 3. The Morgan fingerprint density at radius 3 is 2.50 bits per heavy atom. The van der Waals surface area contributed by atoms with Crippen molar-refractivity contribution in [1.82, 2.24) is 30.5 Å². The molecular weight excluding hydrogens is 423 g/mol. The molecule has 0 saturated carbocycles. The van der Waals surface area contributed by atoms with Gasteiger partial charge < -0.3 is 10.6 Å². The second kappa shape index (κ2) is 11.6. The summed E-state index contributed by atoms with van der Waals surface area (Å²) in [5.74, 6) is 0.0304. The van der Waals surface area contributed by atoms with Crippen LogP contribution in [0.4, 0.5) is 0 Å². The van der Waals surface area contributed by atoms with E-state index in [9.17, 15) is 4.79 Å². The van der Waals surface area contributed by atoms with E-state index < -0.39 is 0 Å². The molecule has 166 valence electrons. The lowest BCUT2D eigenvalue weighted by atomic mass is 10.1. The first-order chi connectivity index (χ1) is 13.7. The van der Waals surface area contributed by atoms with Gasteiger partial charge in [0.2, 0.25) is 5.91 Å². The molecule has 3 heterocycles. The molecule has 0 spiro atoms. The minimum absolute atomic E-state index is 0. The van der Waals surface area contributed by atoms with Crippen molar-refractivity contribution in [3.63, 3.8) is 0 Å². The van der Waals surface area contributed by atoms with Crippen molar-refractivity contribution in [3.8, 4) is 11.3 Å². The number of likely N-dealkylation sites (tertiary alicyclic amines) is 1. The van der Waals surface area contributed by atoms with Gasteiger partial charge in [0.15, 0.2) is 0 Å². The van der Waals surface area contributed by atoms with Crippen LogP contribution >= 0.6 is 24.8 Å². The van der Waals surface area contributed by atoms with E-state index in [4.69, 9.17) is 0 Å². The van der Waals surface area contributed by atoms with Gasteiger partial charge in [0, 0.05) is 25.7 Å². The van der Waals surface area contributed by atoms with Crippen LogP contribution in [0.25, 0.3) is 11.3 Å². The van der Waals surface area contributed by atoms with Gasteiger partial charge in [0.25, 0.3) is 0 Å². The molecule has 1 amide bonds. The Bertz CT molecular complexity index is 789. The van der Waals surface area contributed by atoms with Crippen LogP contribution in [0, 0.1) is 0 Å². The van der Waals surface area contributed by atoms with E-state index in [1.54, 1.807) is 7.05 Å². The van der Waals surface area contributed by atoms with Crippen molar-refractivity contribution in [2.75, 3.05) is 26.7 Å². The Balaban J connectivity index is 0.00000160. The highest BCUT2D eigenvalue weighted by Crippen LogP contribution is 2.23. The maximum Gasteiger partial charge on any atom is 0.236 e. The number of carbonyl (C=O) groups is 1. The summed E-state index contributed by atoms with van der Waals surface area (Å²) < 4.78 is 1.89.